The Kier molecular flexibility index (Phi) is 7.42. The van der Waals surface area contributed by atoms with Crippen LogP contribution in [-0.2, 0) is 19.2 Å². The van der Waals surface area contributed by atoms with Crippen molar-refractivity contribution in [3.8, 4) is 45.3 Å². The number of nitrogens with zero attached hydrogens (tertiary/aromatic N) is 6. The number of aromatic nitrogens is 4. The number of rotatable bonds is 6. The first-order valence-corrected chi connectivity index (χ1v) is 21.4. The largest absolute Gasteiger partial charge is 0.274 e. The van der Waals surface area contributed by atoms with E-state index in [4.69, 9.17) is 19.9 Å². The molecular formula is C52H36N6O4. The smallest absolute Gasteiger partial charge is 0.238 e. The van der Waals surface area contributed by atoms with Crippen molar-refractivity contribution < 1.29 is 19.2 Å². The lowest BCUT2D eigenvalue weighted by Gasteiger charge is -2.19. The van der Waals surface area contributed by atoms with Gasteiger partial charge in [0, 0.05) is 33.0 Å². The van der Waals surface area contributed by atoms with Gasteiger partial charge in [0.05, 0.1) is 57.5 Å². The fourth-order valence-electron chi connectivity index (χ4n) is 11.5. The number of benzene rings is 5. The van der Waals surface area contributed by atoms with Crippen LogP contribution in [0.3, 0.4) is 0 Å². The van der Waals surface area contributed by atoms with E-state index in [0.717, 1.165) is 45.9 Å². The minimum atomic E-state index is -0.284. The molecule has 2 saturated heterocycles. The third-order valence-corrected chi connectivity index (χ3v) is 14.3. The molecule has 2 aromatic heterocycles. The average molecular weight is 809 g/mol. The molecule has 10 heteroatoms. The molecule has 4 fully saturated rings. The Balaban J connectivity index is 0.861. The minimum absolute atomic E-state index is 0.118. The molecule has 5 aromatic carbocycles. The maximum Gasteiger partial charge on any atom is 0.238 e. The van der Waals surface area contributed by atoms with Crippen LogP contribution >= 0.6 is 0 Å². The third kappa shape index (κ3) is 5.03. The summed E-state index contributed by atoms with van der Waals surface area (Å²) in [5.41, 5.74) is 7.24. The lowest BCUT2D eigenvalue weighted by molar-refractivity contribution is -0.124. The van der Waals surface area contributed by atoms with Crippen molar-refractivity contribution in [3.05, 3.63) is 146 Å². The molecule has 10 nitrogen and oxygen atoms in total. The number of hydrogen-bond donors (Lipinski definition) is 0. The van der Waals surface area contributed by atoms with Crippen LogP contribution in [0.2, 0.25) is 0 Å². The molecule has 62 heavy (non-hydrogen) atoms. The van der Waals surface area contributed by atoms with Gasteiger partial charge in [-0.1, -0.05) is 109 Å². The predicted molar refractivity (Wildman–Crippen MR) is 235 cm³/mol. The molecule has 0 unspecified atom stereocenters. The number of allylic oxidation sites excluding steroid dienone is 4. The van der Waals surface area contributed by atoms with Gasteiger partial charge in [0.25, 0.3) is 0 Å². The van der Waals surface area contributed by atoms with Crippen molar-refractivity contribution >= 4 is 56.8 Å². The highest BCUT2D eigenvalue weighted by Gasteiger charge is 2.60. The standard InChI is InChI=1S/C52H36N6O4/c59-49-41-31-15-16-32(23-31)42(41)50(60)57(49)35-19-21-39-37(25-35)45(27-7-3-1-4-8-27)55-47(53-39)29-11-13-30(14-12-29)48-54-40-22-20-36(26-38(40)46(56-48)28-9-5-2-6-10-28)58-51(61)43-33-17-18-34(24-33)44(43)52(58)62/h1-22,25-26,31-34,41-44H,23-24H2/t31-,32-,33-,34-,41-,42-,43-,44+/m0/s1. The Morgan fingerprint density at radius 2 is 0.742 bits per heavy atom. The SMILES string of the molecule is O=C1[C@@H]2[C@@H](C(=O)N1c1ccc3nc(-c4ccc(-c5nc(-c6ccccc6)c6cc(N7C(=O)[C@@H]8[C@H](C7=O)[C@H]7C=C[C@H]8C7)ccc6n5)cc4)nc(-c4ccccc4)c3c1)[C@H]1C=C[C@H]2C1. The summed E-state index contributed by atoms with van der Waals surface area (Å²) in [6, 6.07) is 38.8. The van der Waals surface area contributed by atoms with E-state index >= 15 is 0 Å². The molecule has 8 atom stereocenters. The van der Waals surface area contributed by atoms with Crippen molar-refractivity contribution in [2.24, 2.45) is 47.3 Å². The maximum absolute atomic E-state index is 13.7. The molecule has 4 heterocycles. The van der Waals surface area contributed by atoms with E-state index in [1.165, 1.54) is 9.80 Å². The molecule has 298 valence electrons. The second-order valence-corrected chi connectivity index (χ2v) is 17.5. The highest BCUT2D eigenvalue weighted by atomic mass is 16.2. The molecular weight excluding hydrogens is 773 g/mol. The van der Waals surface area contributed by atoms with Gasteiger partial charge in [-0.2, -0.15) is 0 Å². The van der Waals surface area contributed by atoms with E-state index in [1.807, 2.05) is 121 Å². The van der Waals surface area contributed by atoms with E-state index in [1.54, 1.807) is 0 Å². The summed E-state index contributed by atoms with van der Waals surface area (Å²) in [6.07, 6.45) is 10.2. The van der Waals surface area contributed by atoms with Crippen molar-refractivity contribution in [3.63, 3.8) is 0 Å². The van der Waals surface area contributed by atoms with Gasteiger partial charge >= 0.3 is 0 Å². The van der Waals surface area contributed by atoms with Crippen LogP contribution in [0.4, 0.5) is 11.4 Å². The summed E-state index contributed by atoms with van der Waals surface area (Å²) in [4.78, 5) is 78.0. The van der Waals surface area contributed by atoms with Crippen LogP contribution in [0.15, 0.2) is 146 Å². The number of fused-ring (bicyclic) bond motifs is 12. The highest BCUT2D eigenvalue weighted by molar-refractivity contribution is 6.24. The van der Waals surface area contributed by atoms with Crippen LogP contribution in [-0.4, -0.2) is 43.6 Å². The Morgan fingerprint density at radius 1 is 0.387 bits per heavy atom. The van der Waals surface area contributed by atoms with Crippen molar-refractivity contribution in [1.29, 1.82) is 0 Å². The van der Waals surface area contributed by atoms with Gasteiger partial charge in [0.2, 0.25) is 23.6 Å². The topological polar surface area (TPSA) is 126 Å². The molecule has 4 bridgehead atoms. The number of carbonyl (C=O) groups excluding carboxylic acids is 4. The molecule has 13 rings (SSSR count). The summed E-state index contributed by atoms with van der Waals surface area (Å²) >= 11 is 0. The summed E-state index contributed by atoms with van der Waals surface area (Å²) in [5.74, 6) is -0.0423. The van der Waals surface area contributed by atoms with Crippen LogP contribution in [0, 0.1) is 47.3 Å². The number of hydrogen-bond acceptors (Lipinski definition) is 8. The van der Waals surface area contributed by atoms with Crippen LogP contribution in [0.25, 0.3) is 67.1 Å². The van der Waals surface area contributed by atoms with Crippen molar-refractivity contribution in [2.45, 2.75) is 12.8 Å². The number of carbonyl (C=O) groups is 4. The van der Waals surface area contributed by atoms with Crippen LogP contribution in [0.5, 0.6) is 0 Å². The first-order valence-electron chi connectivity index (χ1n) is 21.4. The highest BCUT2D eigenvalue weighted by Crippen LogP contribution is 2.55. The fourth-order valence-corrected chi connectivity index (χ4v) is 11.5. The monoisotopic (exact) mass is 808 g/mol. The zero-order valence-corrected chi connectivity index (χ0v) is 33.2. The van der Waals surface area contributed by atoms with Gasteiger partial charge in [-0.05, 0) is 72.9 Å². The quantitative estimate of drug-likeness (QED) is 0.121. The molecule has 2 saturated carbocycles. The Hall–Kier alpha value is -7.46. The minimum Gasteiger partial charge on any atom is -0.274 e. The second-order valence-electron chi connectivity index (χ2n) is 17.5. The summed E-state index contributed by atoms with van der Waals surface area (Å²) in [5, 5.41) is 1.50. The van der Waals surface area contributed by atoms with Gasteiger partial charge in [0.1, 0.15) is 0 Å². The first-order chi connectivity index (χ1) is 30.4. The molecule has 6 aliphatic rings. The van der Waals surface area contributed by atoms with Crippen molar-refractivity contribution in [2.75, 3.05) is 9.80 Å². The molecule has 0 N–H and O–H groups in total. The fraction of sp³-hybridized carbons (Fsp3) is 0.192. The van der Waals surface area contributed by atoms with E-state index < -0.39 is 0 Å². The van der Waals surface area contributed by atoms with E-state index in [-0.39, 0.29) is 71.0 Å². The average Bonchev–Trinajstić information content (AvgIpc) is 4.19. The molecule has 7 aromatic rings. The van der Waals surface area contributed by atoms with Gasteiger partial charge in [0.15, 0.2) is 11.6 Å². The second kappa shape index (κ2) is 13.0. The van der Waals surface area contributed by atoms with Crippen molar-refractivity contribution in [1.82, 2.24) is 19.9 Å². The maximum atomic E-state index is 13.7. The lowest BCUT2D eigenvalue weighted by atomic mass is 9.85. The molecule has 0 radical (unpaired) electrons. The van der Waals surface area contributed by atoms with E-state index in [0.29, 0.717) is 45.4 Å². The zero-order valence-electron chi connectivity index (χ0n) is 33.2. The lowest BCUT2D eigenvalue weighted by Crippen LogP contribution is -2.32. The molecule has 2 aliphatic heterocycles. The van der Waals surface area contributed by atoms with Gasteiger partial charge in [-0.15, -0.1) is 0 Å². The van der Waals surface area contributed by atoms with E-state index in [2.05, 4.69) is 24.3 Å². The Morgan fingerprint density at radius 3 is 1.10 bits per heavy atom. The number of amides is 4. The Labute approximate surface area is 355 Å². The predicted octanol–water partition coefficient (Wildman–Crippen LogP) is 8.86. The summed E-state index contributed by atoms with van der Waals surface area (Å²) < 4.78 is 0. The first kappa shape index (κ1) is 35.3. The van der Waals surface area contributed by atoms with E-state index in [9.17, 15) is 19.2 Å². The molecule has 0 spiro atoms. The zero-order chi connectivity index (χ0) is 41.4. The van der Waals surface area contributed by atoms with Crippen LogP contribution in [0.1, 0.15) is 12.8 Å². The summed E-state index contributed by atoms with van der Waals surface area (Å²) in [7, 11) is 0. The molecule has 4 aliphatic carbocycles. The summed E-state index contributed by atoms with van der Waals surface area (Å²) in [6.45, 7) is 0. The number of anilines is 2. The normalized spacial score (nSPS) is 26.5. The van der Waals surface area contributed by atoms with Gasteiger partial charge < -0.3 is 0 Å². The van der Waals surface area contributed by atoms with Gasteiger partial charge in [-0.25, -0.2) is 29.7 Å². The number of imide groups is 2. The Bertz CT molecular complexity index is 2910. The third-order valence-electron chi connectivity index (χ3n) is 14.3. The molecule has 4 amide bonds. The van der Waals surface area contributed by atoms with Gasteiger partial charge in [-0.3, -0.25) is 19.2 Å². The van der Waals surface area contributed by atoms with Crippen LogP contribution < -0.4 is 9.80 Å².